The highest BCUT2D eigenvalue weighted by molar-refractivity contribution is 5.53. The molecule has 108 valence electrons. The fourth-order valence-electron chi connectivity index (χ4n) is 1.21. The molecule has 0 spiro atoms. The fourth-order valence-corrected chi connectivity index (χ4v) is 1.21. The Morgan fingerprint density at radius 2 is 1.11 bits per heavy atom. The highest BCUT2D eigenvalue weighted by Crippen LogP contribution is 2.37. The zero-order valence-electron chi connectivity index (χ0n) is 10.3. The van der Waals surface area contributed by atoms with E-state index in [9.17, 15) is 0 Å². The van der Waals surface area contributed by atoms with Gasteiger partial charge in [-0.1, -0.05) is 0 Å². The molecule has 8 heteroatoms. The van der Waals surface area contributed by atoms with Crippen LogP contribution in [-0.4, -0.2) is 21.3 Å². The molecule has 0 heterocycles. The number of aryl methyl sites for hydroxylation is 1. The van der Waals surface area contributed by atoms with E-state index in [0.29, 0.717) is 17.2 Å². The Balaban J connectivity index is -0.000000409. The van der Waals surface area contributed by atoms with Gasteiger partial charge in [0.2, 0.25) is 5.75 Å². The summed E-state index contributed by atoms with van der Waals surface area (Å²) in [5, 5.41) is 0. The van der Waals surface area contributed by atoms with E-state index in [0.717, 1.165) is 5.56 Å². The summed E-state index contributed by atoms with van der Waals surface area (Å²) in [6, 6.07) is 3.81. The molecule has 0 amide bonds. The van der Waals surface area contributed by atoms with Crippen molar-refractivity contribution in [2.45, 2.75) is 6.92 Å². The van der Waals surface area contributed by atoms with E-state index in [2.05, 4.69) is 0 Å². The van der Waals surface area contributed by atoms with E-state index in [1.165, 1.54) is 0 Å². The summed E-state index contributed by atoms with van der Waals surface area (Å²) in [4.78, 5) is 0. The van der Waals surface area contributed by atoms with Crippen molar-refractivity contribution in [1.82, 2.24) is 0 Å². The summed E-state index contributed by atoms with van der Waals surface area (Å²) in [5.41, 5.74) is 1.08. The molecule has 0 saturated heterocycles. The first kappa shape index (κ1) is 21.5. The van der Waals surface area contributed by atoms with Gasteiger partial charge in [0, 0.05) is 18.3 Å². The first-order valence-electron chi connectivity index (χ1n) is 4.28. The van der Waals surface area contributed by atoms with Crippen molar-refractivity contribution in [1.29, 1.82) is 0 Å². The second-order valence-corrected chi connectivity index (χ2v) is 2.70. The molecule has 0 bridgehead atoms. The second-order valence-electron chi connectivity index (χ2n) is 2.70. The lowest BCUT2D eigenvalue weighted by molar-refractivity contribution is 0.108. The number of hydrogen-bond donors (Lipinski definition) is 0. The molecule has 0 aliphatic heterocycles. The van der Waals surface area contributed by atoms with Gasteiger partial charge in [0.1, 0.15) is 0 Å². The number of halogens is 5. The molecule has 0 N–H and O–H groups in total. The van der Waals surface area contributed by atoms with Crippen molar-refractivity contribution in [3.8, 4) is 17.2 Å². The molecule has 0 fully saturated rings. The summed E-state index contributed by atoms with van der Waals surface area (Å²) in [6.45, 7) is 1.98. The first-order chi connectivity index (χ1) is 8.22. The molecule has 3 nitrogen and oxygen atoms in total. The maximum atomic E-state index is 8.00. The monoisotopic (exact) mass is 278 g/mol. The van der Waals surface area contributed by atoms with Crippen LogP contribution in [0.25, 0.3) is 0 Å². The molecule has 0 aliphatic rings. The zero-order valence-corrected chi connectivity index (χ0v) is 10.3. The maximum Gasteiger partial charge on any atom is 0.203 e. The normalized spacial score (nSPS) is 7.56. The molecule has 0 aliphatic carbocycles. The van der Waals surface area contributed by atoms with Crippen LogP contribution in [0.1, 0.15) is 5.56 Å². The van der Waals surface area contributed by atoms with Crippen LogP contribution in [0.2, 0.25) is 0 Å². The molecular formula is C10H15F5O3. The van der Waals surface area contributed by atoms with Gasteiger partial charge in [-0.3, -0.25) is 4.70 Å². The van der Waals surface area contributed by atoms with Crippen molar-refractivity contribution < 1.29 is 37.2 Å². The molecule has 1 aromatic carbocycles. The number of rotatable bonds is 3. The van der Waals surface area contributed by atoms with Crippen molar-refractivity contribution in [2.75, 3.05) is 21.3 Å². The minimum absolute atomic E-state index is 0. The Morgan fingerprint density at radius 1 is 0.778 bits per heavy atom. The topological polar surface area (TPSA) is 27.7 Å². The Kier molecular flexibility index (Phi) is 16.0. The Bertz CT molecular complexity index is 285. The lowest BCUT2D eigenvalue weighted by Gasteiger charge is -2.12. The Morgan fingerprint density at radius 3 is 1.33 bits per heavy atom. The third-order valence-corrected chi connectivity index (χ3v) is 1.81. The van der Waals surface area contributed by atoms with Crippen molar-refractivity contribution in [3.63, 3.8) is 0 Å². The SMILES string of the molecule is COc1cc(C)cc(OC)c1OC.F.FF.FF. The van der Waals surface area contributed by atoms with E-state index in [1.54, 1.807) is 21.3 Å². The minimum Gasteiger partial charge on any atom is -0.493 e. The van der Waals surface area contributed by atoms with Gasteiger partial charge >= 0.3 is 0 Å². The molecule has 0 radical (unpaired) electrons. The average molecular weight is 278 g/mol. The summed E-state index contributed by atoms with van der Waals surface area (Å²) >= 11 is 0. The van der Waals surface area contributed by atoms with Gasteiger partial charge in [-0.2, -0.15) is 0 Å². The van der Waals surface area contributed by atoms with Gasteiger partial charge in [0.15, 0.2) is 11.5 Å². The highest BCUT2D eigenvalue weighted by atomic mass is 20.0. The van der Waals surface area contributed by atoms with Gasteiger partial charge in [-0.25, -0.2) is 0 Å². The molecule has 0 atom stereocenters. The molecule has 0 aromatic heterocycles. The zero-order chi connectivity index (χ0) is 13.8. The Labute approximate surface area is 101 Å². The average Bonchev–Trinajstić information content (AvgIpc) is 2.42. The summed E-state index contributed by atoms with van der Waals surface area (Å²) in [6.07, 6.45) is 0. The summed E-state index contributed by atoms with van der Waals surface area (Å²) in [7, 11) is 4.81. The van der Waals surface area contributed by atoms with Gasteiger partial charge in [0.25, 0.3) is 0 Å². The molecule has 18 heavy (non-hydrogen) atoms. The van der Waals surface area contributed by atoms with Crippen molar-refractivity contribution in [2.24, 2.45) is 0 Å². The molecule has 1 aromatic rings. The van der Waals surface area contributed by atoms with Gasteiger partial charge in [-0.05, 0) is 24.6 Å². The van der Waals surface area contributed by atoms with Gasteiger partial charge in [0.05, 0.1) is 21.3 Å². The minimum atomic E-state index is 0. The number of ether oxygens (including phenoxy) is 3. The number of benzene rings is 1. The number of hydrogen-bond acceptors (Lipinski definition) is 3. The van der Waals surface area contributed by atoms with E-state index in [-0.39, 0.29) is 4.70 Å². The van der Waals surface area contributed by atoms with Gasteiger partial charge in [-0.15, -0.1) is 0 Å². The van der Waals surface area contributed by atoms with Crippen LogP contribution in [0, 0.1) is 6.92 Å². The molecule has 0 unspecified atom stereocenters. The van der Waals surface area contributed by atoms with Gasteiger partial charge < -0.3 is 14.2 Å². The molecule has 1 rings (SSSR count). The molecular weight excluding hydrogens is 263 g/mol. The third-order valence-electron chi connectivity index (χ3n) is 1.81. The van der Waals surface area contributed by atoms with Crippen LogP contribution in [0.3, 0.4) is 0 Å². The van der Waals surface area contributed by atoms with Crippen LogP contribution in [0.4, 0.5) is 23.0 Å². The largest absolute Gasteiger partial charge is 0.493 e. The number of methoxy groups -OCH3 is 3. The quantitative estimate of drug-likeness (QED) is 0.786. The fraction of sp³-hybridized carbons (Fsp3) is 0.400. The Hall–Kier alpha value is -1.73. The van der Waals surface area contributed by atoms with E-state index in [4.69, 9.17) is 32.5 Å². The lowest BCUT2D eigenvalue weighted by Crippen LogP contribution is -1.95. The first-order valence-corrected chi connectivity index (χ1v) is 4.28. The second kappa shape index (κ2) is 13.3. The van der Waals surface area contributed by atoms with Crippen molar-refractivity contribution >= 4 is 0 Å². The van der Waals surface area contributed by atoms with E-state index in [1.807, 2.05) is 19.1 Å². The smallest absolute Gasteiger partial charge is 0.203 e. The summed E-state index contributed by atoms with van der Waals surface area (Å²) in [5.74, 6) is 2.02. The highest BCUT2D eigenvalue weighted by Gasteiger charge is 2.10. The standard InChI is InChI=1S/C10H14O3.2F2.FH/c1-7-5-8(11-2)10(13-4)9(6-7)12-3;2*1-2;/h5-6H,1-4H3;;;1H. The lowest BCUT2D eigenvalue weighted by atomic mass is 10.2. The van der Waals surface area contributed by atoms with Crippen LogP contribution in [0.15, 0.2) is 12.1 Å². The summed E-state index contributed by atoms with van der Waals surface area (Å²) < 4.78 is 47.5. The predicted molar refractivity (Wildman–Crippen MR) is 57.8 cm³/mol. The maximum absolute atomic E-state index is 8.00. The van der Waals surface area contributed by atoms with E-state index < -0.39 is 0 Å². The van der Waals surface area contributed by atoms with Crippen LogP contribution >= 0.6 is 0 Å². The van der Waals surface area contributed by atoms with Crippen LogP contribution < -0.4 is 14.2 Å². The molecule has 0 saturated carbocycles. The van der Waals surface area contributed by atoms with Crippen molar-refractivity contribution in [3.05, 3.63) is 17.7 Å². The van der Waals surface area contributed by atoms with Crippen LogP contribution in [0.5, 0.6) is 17.2 Å². The predicted octanol–water partition coefficient (Wildman–Crippen LogP) is 3.85. The van der Waals surface area contributed by atoms with Crippen LogP contribution in [-0.2, 0) is 0 Å². The van der Waals surface area contributed by atoms with E-state index >= 15 is 0 Å². The third kappa shape index (κ3) is 6.12.